The van der Waals surface area contributed by atoms with Crippen molar-refractivity contribution in [3.05, 3.63) is 47.3 Å². The molecule has 6 nitrogen and oxygen atoms in total. The van der Waals surface area contributed by atoms with Crippen molar-refractivity contribution in [1.29, 1.82) is 0 Å². The highest BCUT2D eigenvalue weighted by Crippen LogP contribution is 2.29. The predicted molar refractivity (Wildman–Crippen MR) is 81.6 cm³/mol. The molecule has 1 unspecified atom stereocenters. The molecule has 0 bridgehead atoms. The molecule has 0 aliphatic heterocycles. The number of aromatic nitrogens is 1. The van der Waals surface area contributed by atoms with E-state index < -0.39 is 0 Å². The Hall–Kier alpha value is -2.76. The summed E-state index contributed by atoms with van der Waals surface area (Å²) in [7, 11) is 3.13. The number of nitrogens with one attached hydrogen (secondary N) is 2. The minimum absolute atomic E-state index is 0.227. The van der Waals surface area contributed by atoms with Crippen LogP contribution in [0, 0.1) is 0 Å². The highest BCUT2D eigenvalue weighted by atomic mass is 16.5. The van der Waals surface area contributed by atoms with Crippen LogP contribution >= 0.6 is 0 Å². The molecule has 0 spiro atoms. The topological polar surface area (TPSA) is 80.4 Å². The third-order valence-corrected chi connectivity index (χ3v) is 3.34. The number of aromatic amines is 1. The van der Waals surface area contributed by atoms with Crippen LogP contribution in [-0.4, -0.2) is 31.4 Å². The summed E-state index contributed by atoms with van der Waals surface area (Å²) in [6.45, 7) is 1.86. The SMILES string of the molecule is COc1ccc(C(C)NC(=O)c2cc(C=O)c[nH]2)cc1OC. The van der Waals surface area contributed by atoms with Crippen molar-refractivity contribution in [3.63, 3.8) is 0 Å². The first kappa shape index (κ1) is 15.6. The van der Waals surface area contributed by atoms with E-state index in [0.717, 1.165) is 5.56 Å². The second-order valence-electron chi connectivity index (χ2n) is 4.77. The van der Waals surface area contributed by atoms with Gasteiger partial charge in [0.2, 0.25) is 0 Å². The Kier molecular flexibility index (Phi) is 4.83. The Morgan fingerprint density at radius 2 is 1.95 bits per heavy atom. The van der Waals surface area contributed by atoms with Crippen LogP contribution in [0.5, 0.6) is 11.5 Å². The molecule has 116 valence electrons. The molecular formula is C16H18N2O4. The van der Waals surface area contributed by atoms with Crippen LogP contribution in [0.15, 0.2) is 30.5 Å². The van der Waals surface area contributed by atoms with Crippen molar-refractivity contribution in [2.24, 2.45) is 0 Å². The molecule has 1 atom stereocenters. The van der Waals surface area contributed by atoms with Gasteiger partial charge in [-0.25, -0.2) is 0 Å². The van der Waals surface area contributed by atoms with Crippen molar-refractivity contribution in [2.45, 2.75) is 13.0 Å². The molecule has 1 aromatic heterocycles. The van der Waals surface area contributed by atoms with E-state index in [4.69, 9.17) is 9.47 Å². The Morgan fingerprint density at radius 3 is 2.55 bits per heavy atom. The van der Waals surface area contributed by atoms with Crippen molar-refractivity contribution in [1.82, 2.24) is 10.3 Å². The Bertz CT molecular complexity index is 679. The summed E-state index contributed by atoms with van der Waals surface area (Å²) < 4.78 is 10.4. The number of carbonyl (C=O) groups excluding carboxylic acids is 2. The van der Waals surface area contributed by atoms with Gasteiger partial charge >= 0.3 is 0 Å². The molecule has 1 amide bonds. The van der Waals surface area contributed by atoms with Gasteiger partial charge in [0.25, 0.3) is 5.91 Å². The lowest BCUT2D eigenvalue weighted by Gasteiger charge is -2.16. The minimum Gasteiger partial charge on any atom is -0.493 e. The van der Waals surface area contributed by atoms with Crippen LogP contribution in [0.4, 0.5) is 0 Å². The molecule has 2 N–H and O–H groups in total. The van der Waals surface area contributed by atoms with Crippen LogP contribution in [0.25, 0.3) is 0 Å². The standard InChI is InChI=1S/C16H18N2O4/c1-10(12-4-5-14(21-2)15(7-12)22-3)18-16(20)13-6-11(9-19)8-17-13/h4-10,17H,1-3H3,(H,18,20). The zero-order chi connectivity index (χ0) is 16.1. The maximum Gasteiger partial charge on any atom is 0.268 e. The number of rotatable bonds is 6. The number of hydrogen-bond donors (Lipinski definition) is 2. The Balaban J connectivity index is 2.12. The van der Waals surface area contributed by atoms with Crippen LogP contribution < -0.4 is 14.8 Å². The minimum atomic E-state index is -0.282. The fourth-order valence-corrected chi connectivity index (χ4v) is 2.09. The number of aldehydes is 1. The van der Waals surface area contributed by atoms with Crippen molar-refractivity contribution in [2.75, 3.05) is 14.2 Å². The lowest BCUT2D eigenvalue weighted by Crippen LogP contribution is -2.26. The van der Waals surface area contributed by atoms with Crippen molar-refractivity contribution in [3.8, 4) is 11.5 Å². The van der Waals surface area contributed by atoms with Crippen LogP contribution in [0.3, 0.4) is 0 Å². The number of benzene rings is 1. The summed E-state index contributed by atoms with van der Waals surface area (Å²) in [6.07, 6.45) is 2.17. The number of amides is 1. The van der Waals surface area contributed by atoms with Crippen LogP contribution in [-0.2, 0) is 0 Å². The molecule has 0 radical (unpaired) electrons. The zero-order valence-corrected chi connectivity index (χ0v) is 12.7. The highest BCUT2D eigenvalue weighted by molar-refractivity contribution is 5.94. The van der Waals surface area contributed by atoms with Gasteiger partial charge in [-0.15, -0.1) is 0 Å². The van der Waals surface area contributed by atoms with Gasteiger partial charge < -0.3 is 19.8 Å². The molecule has 2 aromatic rings. The van der Waals surface area contributed by atoms with Gasteiger partial charge in [0, 0.05) is 11.8 Å². The molecule has 0 fully saturated rings. The summed E-state index contributed by atoms with van der Waals surface area (Å²) >= 11 is 0. The smallest absolute Gasteiger partial charge is 0.268 e. The molecule has 0 aliphatic carbocycles. The maximum absolute atomic E-state index is 12.1. The van der Waals surface area contributed by atoms with Gasteiger partial charge in [-0.05, 0) is 30.7 Å². The van der Waals surface area contributed by atoms with E-state index in [1.807, 2.05) is 19.1 Å². The summed E-state index contributed by atoms with van der Waals surface area (Å²) in [5.41, 5.74) is 1.66. The van der Waals surface area contributed by atoms with E-state index in [9.17, 15) is 9.59 Å². The number of H-pyrrole nitrogens is 1. The molecule has 22 heavy (non-hydrogen) atoms. The van der Waals surface area contributed by atoms with Gasteiger partial charge in [0.15, 0.2) is 17.8 Å². The Labute approximate surface area is 128 Å². The quantitative estimate of drug-likeness (QED) is 0.803. The monoisotopic (exact) mass is 302 g/mol. The zero-order valence-electron chi connectivity index (χ0n) is 12.7. The van der Waals surface area contributed by atoms with E-state index in [-0.39, 0.29) is 11.9 Å². The number of hydrogen-bond acceptors (Lipinski definition) is 4. The molecule has 1 aromatic carbocycles. The first-order chi connectivity index (χ1) is 10.6. The van der Waals surface area contributed by atoms with Gasteiger partial charge in [0.05, 0.1) is 20.3 Å². The second-order valence-corrected chi connectivity index (χ2v) is 4.77. The molecule has 6 heteroatoms. The highest BCUT2D eigenvalue weighted by Gasteiger charge is 2.15. The summed E-state index contributed by atoms with van der Waals surface area (Å²) in [5, 5.41) is 2.86. The van der Waals surface area contributed by atoms with Crippen molar-refractivity contribution >= 4 is 12.2 Å². The number of methoxy groups -OCH3 is 2. The molecule has 0 aliphatic rings. The first-order valence-corrected chi connectivity index (χ1v) is 6.75. The lowest BCUT2D eigenvalue weighted by molar-refractivity contribution is 0.0935. The summed E-state index contributed by atoms with van der Waals surface area (Å²) in [5.74, 6) is 0.948. The third kappa shape index (κ3) is 3.28. The normalized spacial score (nSPS) is 11.6. The van der Waals surface area contributed by atoms with Crippen molar-refractivity contribution < 1.29 is 19.1 Å². The summed E-state index contributed by atoms with van der Waals surface area (Å²) in [6, 6.07) is 6.74. The summed E-state index contributed by atoms with van der Waals surface area (Å²) in [4.78, 5) is 25.5. The largest absolute Gasteiger partial charge is 0.493 e. The predicted octanol–water partition coefficient (Wildman–Crippen LogP) is 2.34. The number of carbonyl (C=O) groups is 2. The number of ether oxygens (including phenoxy) is 2. The lowest BCUT2D eigenvalue weighted by atomic mass is 10.1. The van der Waals surface area contributed by atoms with E-state index in [0.29, 0.717) is 29.0 Å². The fourth-order valence-electron chi connectivity index (χ4n) is 2.09. The van der Waals surface area contributed by atoms with E-state index >= 15 is 0 Å². The third-order valence-electron chi connectivity index (χ3n) is 3.34. The van der Waals surface area contributed by atoms with Crippen LogP contribution in [0.1, 0.15) is 39.4 Å². The average Bonchev–Trinajstić information content (AvgIpc) is 3.03. The van der Waals surface area contributed by atoms with E-state index in [1.54, 1.807) is 20.3 Å². The Morgan fingerprint density at radius 1 is 1.23 bits per heavy atom. The molecule has 0 saturated carbocycles. The first-order valence-electron chi connectivity index (χ1n) is 6.75. The maximum atomic E-state index is 12.1. The molecule has 0 saturated heterocycles. The van der Waals surface area contributed by atoms with Gasteiger partial charge in [-0.2, -0.15) is 0 Å². The van der Waals surface area contributed by atoms with Gasteiger partial charge in [-0.3, -0.25) is 9.59 Å². The average molecular weight is 302 g/mol. The molecule has 1 heterocycles. The van der Waals surface area contributed by atoms with Crippen LogP contribution in [0.2, 0.25) is 0 Å². The molecule has 2 rings (SSSR count). The van der Waals surface area contributed by atoms with E-state index in [1.165, 1.54) is 12.3 Å². The molecular weight excluding hydrogens is 284 g/mol. The van der Waals surface area contributed by atoms with Gasteiger partial charge in [0.1, 0.15) is 5.69 Å². The second kappa shape index (κ2) is 6.80. The fraction of sp³-hybridized carbons (Fsp3) is 0.250. The van der Waals surface area contributed by atoms with E-state index in [2.05, 4.69) is 10.3 Å². The van der Waals surface area contributed by atoms with Gasteiger partial charge in [-0.1, -0.05) is 6.07 Å².